The van der Waals surface area contributed by atoms with Crippen molar-refractivity contribution in [1.29, 1.82) is 0 Å². The zero-order valence-electron chi connectivity index (χ0n) is 9.36. The van der Waals surface area contributed by atoms with Gasteiger partial charge in [0.1, 0.15) is 5.78 Å². The predicted octanol–water partition coefficient (Wildman–Crippen LogP) is 1.12. The van der Waals surface area contributed by atoms with Crippen LogP contribution in [0.15, 0.2) is 29.2 Å². The number of benzene rings is 1. The van der Waals surface area contributed by atoms with E-state index in [1.165, 1.54) is 13.0 Å². The lowest BCUT2D eigenvalue weighted by molar-refractivity contribution is -0.116. The van der Waals surface area contributed by atoms with Crippen LogP contribution in [-0.4, -0.2) is 20.7 Å². The van der Waals surface area contributed by atoms with Gasteiger partial charge in [-0.2, -0.15) is 0 Å². The number of nitrogens with one attached hydrogen (secondary N) is 1. The third kappa shape index (κ3) is 3.15. The summed E-state index contributed by atoms with van der Waals surface area (Å²) in [7, 11) is -3.49. The van der Waals surface area contributed by atoms with Crippen LogP contribution in [0.25, 0.3) is 0 Å². The smallest absolute Gasteiger partial charge is 0.240 e. The topological polar surface area (TPSA) is 63.2 Å². The Bertz CT molecular complexity index is 480. The van der Waals surface area contributed by atoms with Gasteiger partial charge in [-0.25, -0.2) is 13.1 Å². The fraction of sp³-hybridized carbons (Fsp3) is 0.364. The molecule has 0 aliphatic carbocycles. The van der Waals surface area contributed by atoms with Gasteiger partial charge in [0.15, 0.2) is 0 Å². The molecule has 1 aromatic rings. The van der Waals surface area contributed by atoms with Gasteiger partial charge < -0.3 is 0 Å². The van der Waals surface area contributed by atoms with Crippen molar-refractivity contribution in [3.05, 3.63) is 29.8 Å². The van der Waals surface area contributed by atoms with Gasteiger partial charge in [-0.05, 0) is 18.6 Å². The maximum absolute atomic E-state index is 11.8. The molecule has 0 atom stereocenters. The van der Waals surface area contributed by atoms with E-state index in [1.807, 2.05) is 0 Å². The van der Waals surface area contributed by atoms with Gasteiger partial charge in [0.05, 0.1) is 4.90 Å². The Morgan fingerprint density at radius 1 is 1.31 bits per heavy atom. The molecule has 0 heterocycles. The number of Topliss-reactive ketones (excluding diaryl/α,β-unsaturated/α-hetero) is 1. The van der Waals surface area contributed by atoms with Crippen LogP contribution in [0.4, 0.5) is 0 Å². The maximum atomic E-state index is 11.8. The highest BCUT2D eigenvalue weighted by Crippen LogP contribution is 2.15. The molecule has 0 bridgehead atoms. The first kappa shape index (κ1) is 12.9. The average Bonchev–Trinajstić information content (AvgIpc) is 2.17. The Kier molecular flexibility index (Phi) is 4.20. The summed E-state index contributed by atoms with van der Waals surface area (Å²) < 4.78 is 26.0. The number of carbonyl (C=O) groups excluding carboxylic acids is 1. The van der Waals surface area contributed by atoms with Gasteiger partial charge in [-0.3, -0.25) is 4.79 Å². The van der Waals surface area contributed by atoms with Crippen LogP contribution in [0.2, 0.25) is 0 Å². The summed E-state index contributed by atoms with van der Waals surface area (Å²) in [4.78, 5) is 11.2. The van der Waals surface area contributed by atoms with E-state index in [4.69, 9.17) is 0 Å². The number of hydrogen-bond donors (Lipinski definition) is 1. The Labute approximate surface area is 95.7 Å². The molecule has 0 amide bonds. The van der Waals surface area contributed by atoms with E-state index >= 15 is 0 Å². The standard InChI is InChI=1S/C11H15NO3S/c1-3-12-16(14,15)11-7-5-4-6-10(11)8-9(2)13/h4-7,12H,3,8H2,1-2H3. The van der Waals surface area contributed by atoms with Crippen molar-refractivity contribution < 1.29 is 13.2 Å². The van der Waals surface area contributed by atoms with Crippen LogP contribution in [0.3, 0.4) is 0 Å². The van der Waals surface area contributed by atoms with E-state index in [0.29, 0.717) is 12.1 Å². The Morgan fingerprint density at radius 3 is 2.50 bits per heavy atom. The summed E-state index contributed by atoms with van der Waals surface area (Å²) in [5.41, 5.74) is 0.538. The number of carbonyl (C=O) groups is 1. The molecule has 0 unspecified atom stereocenters. The van der Waals surface area contributed by atoms with E-state index in [1.54, 1.807) is 25.1 Å². The third-order valence-corrected chi connectivity index (χ3v) is 3.68. The van der Waals surface area contributed by atoms with Crippen LogP contribution < -0.4 is 4.72 Å². The number of hydrogen-bond acceptors (Lipinski definition) is 3. The second-order valence-corrected chi connectivity index (χ2v) is 5.22. The quantitative estimate of drug-likeness (QED) is 0.840. The average molecular weight is 241 g/mol. The van der Waals surface area contributed by atoms with Crippen LogP contribution in [-0.2, 0) is 21.2 Å². The first-order valence-electron chi connectivity index (χ1n) is 5.04. The Hall–Kier alpha value is -1.20. The fourth-order valence-corrected chi connectivity index (χ4v) is 2.73. The molecule has 5 heteroatoms. The van der Waals surface area contributed by atoms with E-state index < -0.39 is 10.0 Å². The maximum Gasteiger partial charge on any atom is 0.240 e. The summed E-state index contributed by atoms with van der Waals surface area (Å²) in [5.74, 6) is -0.0563. The van der Waals surface area contributed by atoms with Gasteiger partial charge in [-0.15, -0.1) is 0 Å². The largest absolute Gasteiger partial charge is 0.300 e. The summed E-state index contributed by atoms with van der Waals surface area (Å²) in [6.45, 7) is 3.48. The van der Waals surface area contributed by atoms with Crippen molar-refractivity contribution in [2.24, 2.45) is 0 Å². The molecule has 0 aromatic heterocycles. The number of ketones is 1. The monoisotopic (exact) mass is 241 g/mol. The first-order valence-corrected chi connectivity index (χ1v) is 6.52. The second-order valence-electron chi connectivity index (χ2n) is 3.49. The molecule has 1 aromatic carbocycles. The molecular formula is C11H15NO3S. The molecule has 88 valence electrons. The Morgan fingerprint density at radius 2 is 1.94 bits per heavy atom. The minimum absolute atomic E-state index is 0.0563. The van der Waals surface area contributed by atoms with Crippen molar-refractivity contribution in [1.82, 2.24) is 4.72 Å². The van der Waals surface area contributed by atoms with Crippen LogP contribution in [0, 0.1) is 0 Å². The highest BCUT2D eigenvalue weighted by Gasteiger charge is 2.17. The molecule has 4 nitrogen and oxygen atoms in total. The van der Waals surface area contributed by atoms with Gasteiger partial charge in [0.2, 0.25) is 10.0 Å². The molecule has 1 N–H and O–H groups in total. The van der Waals surface area contributed by atoms with Crippen LogP contribution in [0.1, 0.15) is 19.4 Å². The predicted molar refractivity (Wildman–Crippen MR) is 61.7 cm³/mol. The molecule has 0 saturated heterocycles. The highest BCUT2D eigenvalue weighted by molar-refractivity contribution is 7.89. The molecule has 0 fully saturated rings. The van der Waals surface area contributed by atoms with Crippen molar-refractivity contribution in [2.45, 2.75) is 25.2 Å². The number of rotatable bonds is 5. The lowest BCUT2D eigenvalue weighted by atomic mass is 10.1. The lowest BCUT2D eigenvalue weighted by Gasteiger charge is -2.09. The van der Waals surface area contributed by atoms with Crippen molar-refractivity contribution in [2.75, 3.05) is 6.54 Å². The first-order chi connectivity index (χ1) is 7.47. The molecule has 0 aliphatic rings. The minimum Gasteiger partial charge on any atom is -0.300 e. The molecule has 1 rings (SSSR count). The Balaban J connectivity index is 3.18. The van der Waals surface area contributed by atoms with Crippen molar-refractivity contribution in [3.8, 4) is 0 Å². The summed E-state index contributed by atoms with van der Waals surface area (Å²) >= 11 is 0. The van der Waals surface area contributed by atoms with E-state index in [2.05, 4.69) is 4.72 Å². The van der Waals surface area contributed by atoms with Crippen LogP contribution in [0.5, 0.6) is 0 Å². The molecule has 0 aliphatic heterocycles. The highest BCUT2D eigenvalue weighted by atomic mass is 32.2. The van der Waals surface area contributed by atoms with E-state index in [9.17, 15) is 13.2 Å². The van der Waals surface area contributed by atoms with Gasteiger partial charge >= 0.3 is 0 Å². The lowest BCUT2D eigenvalue weighted by Crippen LogP contribution is -2.24. The summed E-state index contributed by atoms with van der Waals surface area (Å²) in [5, 5.41) is 0. The zero-order valence-corrected chi connectivity index (χ0v) is 10.2. The van der Waals surface area contributed by atoms with E-state index in [0.717, 1.165) is 0 Å². The molecular weight excluding hydrogens is 226 g/mol. The van der Waals surface area contributed by atoms with E-state index in [-0.39, 0.29) is 17.1 Å². The fourth-order valence-electron chi connectivity index (χ4n) is 1.45. The second kappa shape index (κ2) is 5.23. The summed E-state index contributed by atoms with van der Waals surface area (Å²) in [6.07, 6.45) is 0.140. The van der Waals surface area contributed by atoms with Crippen LogP contribution >= 0.6 is 0 Å². The van der Waals surface area contributed by atoms with Gasteiger partial charge in [0.25, 0.3) is 0 Å². The molecule has 0 radical (unpaired) electrons. The molecule has 16 heavy (non-hydrogen) atoms. The van der Waals surface area contributed by atoms with Gasteiger partial charge in [0, 0.05) is 13.0 Å². The van der Waals surface area contributed by atoms with Crippen molar-refractivity contribution >= 4 is 15.8 Å². The van der Waals surface area contributed by atoms with Gasteiger partial charge in [-0.1, -0.05) is 25.1 Å². The molecule has 0 saturated carbocycles. The third-order valence-electron chi connectivity index (χ3n) is 2.04. The summed E-state index contributed by atoms with van der Waals surface area (Å²) in [6, 6.07) is 6.54. The number of sulfonamides is 1. The van der Waals surface area contributed by atoms with Crippen molar-refractivity contribution in [3.63, 3.8) is 0 Å². The minimum atomic E-state index is -3.49. The zero-order chi connectivity index (χ0) is 12.2. The SMILES string of the molecule is CCNS(=O)(=O)c1ccccc1CC(C)=O. The normalized spacial score (nSPS) is 11.4. The molecule has 0 spiro atoms.